The van der Waals surface area contributed by atoms with Gasteiger partial charge in [-0.2, -0.15) is 0 Å². The van der Waals surface area contributed by atoms with E-state index in [-0.39, 0.29) is 23.8 Å². The van der Waals surface area contributed by atoms with Gasteiger partial charge in [0.25, 0.3) is 0 Å². The summed E-state index contributed by atoms with van der Waals surface area (Å²) >= 11 is 0. The molecule has 1 aromatic carbocycles. The number of likely N-dealkylation sites (N-methyl/N-ethyl adjacent to an activating group) is 1. The molecular weight excluding hydrogens is 426 g/mol. The third-order valence-electron chi connectivity index (χ3n) is 7.16. The van der Waals surface area contributed by atoms with Crippen molar-refractivity contribution in [2.75, 3.05) is 25.5 Å². The van der Waals surface area contributed by atoms with Crippen LogP contribution in [0.4, 0.5) is 5.95 Å². The molecule has 0 aliphatic carbocycles. The fraction of sp³-hybridized carbons (Fsp3) is 0.462. The first-order valence-electron chi connectivity index (χ1n) is 12.1. The molecule has 8 heteroatoms. The van der Waals surface area contributed by atoms with Gasteiger partial charge in [-0.05, 0) is 51.4 Å². The Balaban J connectivity index is 1.33. The van der Waals surface area contributed by atoms with E-state index in [9.17, 15) is 4.79 Å². The number of hydrogen-bond acceptors (Lipinski definition) is 6. The number of aromatic nitrogens is 4. The Morgan fingerprint density at radius 1 is 1.21 bits per heavy atom. The van der Waals surface area contributed by atoms with Gasteiger partial charge in [-0.25, -0.2) is 15.0 Å². The van der Waals surface area contributed by atoms with E-state index in [1.54, 1.807) is 0 Å². The summed E-state index contributed by atoms with van der Waals surface area (Å²) in [6, 6.07) is 10.6. The fourth-order valence-electron chi connectivity index (χ4n) is 5.27. The number of aromatic amines is 1. The second kappa shape index (κ2) is 9.54. The number of carbonyl (C=O) groups is 1. The first kappa shape index (κ1) is 22.5. The topological polar surface area (TPSA) is 90.0 Å². The molecule has 0 unspecified atom stereocenters. The highest BCUT2D eigenvalue weighted by atomic mass is 16.2. The normalized spacial score (nSPS) is 22.9. The molecule has 0 radical (unpaired) electrons. The van der Waals surface area contributed by atoms with Gasteiger partial charge in [0.2, 0.25) is 11.9 Å². The van der Waals surface area contributed by atoms with Crippen LogP contribution in [0.25, 0.3) is 0 Å². The van der Waals surface area contributed by atoms with E-state index in [0.29, 0.717) is 19.0 Å². The summed E-state index contributed by atoms with van der Waals surface area (Å²) in [7, 11) is 2.15. The van der Waals surface area contributed by atoms with E-state index in [4.69, 9.17) is 4.98 Å². The molecule has 8 nitrogen and oxygen atoms in total. The number of H-pyrrole nitrogens is 1. The maximum absolute atomic E-state index is 13.9. The second-order valence-corrected chi connectivity index (χ2v) is 9.71. The largest absolute Gasteiger partial charge is 0.349 e. The summed E-state index contributed by atoms with van der Waals surface area (Å²) in [5.41, 5.74) is 4.30. The number of imidazole rings is 1. The molecule has 3 aromatic rings. The molecule has 5 rings (SSSR count). The summed E-state index contributed by atoms with van der Waals surface area (Å²) in [5.74, 6) is 1.91. The van der Waals surface area contributed by atoms with Gasteiger partial charge in [-0.15, -0.1) is 0 Å². The number of aryl methyl sites for hydroxylation is 1. The number of nitrogens with one attached hydrogen (secondary N) is 2. The van der Waals surface area contributed by atoms with Gasteiger partial charge in [-0.1, -0.05) is 30.3 Å². The number of anilines is 1. The number of likely N-dealkylation sites (tertiary alicyclic amines) is 1. The molecule has 4 heterocycles. The van der Waals surface area contributed by atoms with Gasteiger partial charge < -0.3 is 20.1 Å². The van der Waals surface area contributed by atoms with Crippen LogP contribution in [0.15, 0.2) is 42.7 Å². The van der Waals surface area contributed by atoms with Crippen molar-refractivity contribution in [2.45, 2.75) is 51.7 Å². The zero-order valence-electron chi connectivity index (χ0n) is 20.2. The summed E-state index contributed by atoms with van der Waals surface area (Å²) in [6.07, 6.45) is 5.38. The number of benzene rings is 1. The lowest BCUT2D eigenvalue weighted by molar-refractivity contribution is -0.141. The molecule has 2 aliphatic heterocycles. The van der Waals surface area contributed by atoms with Gasteiger partial charge in [-0.3, -0.25) is 4.79 Å². The quantitative estimate of drug-likeness (QED) is 0.609. The van der Waals surface area contributed by atoms with E-state index in [1.165, 1.54) is 5.56 Å². The molecule has 1 amide bonds. The van der Waals surface area contributed by atoms with Crippen LogP contribution in [0.2, 0.25) is 0 Å². The Kier molecular flexibility index (Phi) is 6.32. The van der Waals surface area contributed by atoms with Gasteiger partial charge >= 0.3 is 0 Å². The van der Waals surface area contributed by atoms with E-state index < -0.39 is 0 Å². The van der Waals surface area contributed by atoms with Gasteiger partial charge in [0, 0.05) is 30.6 Å². The number of hydrogen-bond donors (Lipinski definition) is 2. The van der Waals surface area contributed by atoms with Crippen molar-refractivity contribution in [1.82, 2.24) is 29.7 Å². The third-order valence-corrected chi connectivity index (χ3v) is 7.16. The maximum atomic E-state index is 13.9. The summed E-state index contributed by atoms with van der Waals surface area (Å²) < 4.78 is 0. The number of carbonyl (C=O) groups excluding carboxylic acids is 1. The standard InChI is InChI=1S/C26H33N7O/c1-17-11-20-12-28-26(29-14-21-13-27-18(2)30-21)31-24(20)16-33(17)25(34)22-9-10-32(3)15-23(22)19-7-5-4-6-8-19/h4-8,12-13,17,22-23H,9-11,14-16H2,1-3H3,(H,27,30)(H,28,29,31)/t17-,22+,23-/m1/s1. The molecule has 1 saturated heterocycles. The summed E-state index contributed by atoms with van der Waals surface area (Å²) in [6.45, 7) is 7.03. The Hall–Kier alpha value is -3.26. The smallest absolute Gasteiger partial charge is 0.227 e. The number of fused-ring (bicyclic) bond motifs is 1. The molecule has 1 fully saturated rings. The first-order valence-corrected chi connectivity index (χ1v) is 12.1. The van der Waals surface area contributed by atoms with Crippen LogP contribution in [-0.2, 0) is 24.3 Å². The van der Waals surface area contributed by atoms with Crippen LogP contribution in [0.1, 0.15) is 47.6 Å². The van der Waals surface area contributed by atoms with Crippen LogP contribution < -0.4 is 5.32 Å². The number of amides is 1. The van der Waals surface area contributed by atoms with Crippen LogP contribution in [0.5, 0.6) is 0 Å². The van der Waals surface area contributed by atoms with E-state index in [0.717, 1.165) is 48.7 Å². The van der Waals surface area contributed by atoms with Gasteiger partial charge in [0.05, 0.1) is 30.7 Å². The average Bonchev–Trinajstić information content (AvgIpc) is 3.27. The molecule has 2 aromatic heterocycles. The van der Waals surface area contributed by atoms with Crippen molar-refractivity contribution in [2.24, 2.45) is 5.92 Å². The highest BCUT2D eigenvalue weighted by Gasteiger charge is 2.39. The van der Waals surface area contributed by atoms with E-state index in [1.807, 2.05) is 30.3 Å². The molecule has 0 bridgehead atoms. The first-order chi connectivity index (χ1) is 16.5. The number of nitrogens with zero attached hydrogens (tertiary/aromatic N) is 5. The molecule has 2 aliphatic rings. The zero-order valence-corrected chi connectivity index (χ0v) is 20.2. The van der Waals surface area contributed by atoms with Crippen LogP contribution in [0, 0.1) is 12.8 Å². The van der Waals surface area contributed by atoms with Crippen molar-refractivity contribution in [1.29, 1.82) is 0 Å². The van der Waals surface area contributed by atoms with Gasteiger partial charge in [0.15, 0.2) is 0 Å². The minimum absolute atomic E-state index is 0.00866. The van der Waals surface area contributed by atoms with E-state index in [2.05, 4.69) is 63.4 Å². The Bertz CT molecular complexity index is 1150. The third kappa shape index (κ3) is 4.68. The zero-order chi connectivity index (χ0) is 23.7. The van der Waals surface area contributed by atoms with Crippen LogP contribution >= 0.6 is 0 Å². The summed E-state index contributed by atoms with van der Waals surface area (Å²) in [5, 5.41) is 3.27. The second-order valence-electron chi connectivity index (χ2n) is 9.71. The fourth-order valence-corrected chi connectivity index (χ4v) is 5.27. The van der Waals surface area contributed by atoms with Gasteiger partial charge in [0.1, 0.15) is 5.82 Å². The number of rotatable bonds is 5. The minimum atomic E-state index is -0.00866. The van der Waals surface area contributed by atoms with Crippen molar-refractivity contribution >= 4 is 11.9 Å². The molecule has 178 valence electrons. The molecule has 2 N–H and O–H groups in total. The predicted octanol–water partition coefficient (Wildman–Crippen LogP) is 3.13. The molecular formula is C26H33N7O. The van der Waals surface area contributed by atoms with Crippen molar-refractivity contribution in [3.63, 3.8) is 0 Å². The predicted molar refractivity (Wildman–Crippen MR) is 131 cm³/mol. The molecule has 3 atom stereocenters. The minimum Gasteiger partial charge on any atom is -0.349 e. The number of piperidine rings is 1. The maximum Gasteiger partial charge on any atom is 0.227 e. The van der Waals surface area contributed by atoms with Crippen molar-refractivity contribution in [3.05, 3.63) is 71.1 Å². The molecule has 0 saturated carbocycles. The highest BCUT2D eigenvalue weighted by molar-refractivity contribution is 5.80. The monoisotopic (exact) mass is 459 g/mol. The Morgan fingerprint density at radius 3 is 2.79 bits per heavy atom. The van der Waals surface area contributed by atoms with Crippen molar-refractivity contribution < 1.29 is 4.79 Å². The summed E-state index contributed by atoms with van der Waals surface area (Å²) in [4.78, 5) is 35.0. The SMILES string of the molecule is Cc1ncc(CNc2ncc3c(n2)CN(C(=O)[C@H]2CCN(C)C[C@@H]2c2ccccc2)[C@H](C)C3)[nH]1. The van der Waals surface area contributed by atoms with Crippen molar-refractivity contribution in [3.8, 4) is 0 Å². The van der Waals surface area contributed by atoms with Crippen LogP contribution in [0.3, 0.4) is 0 Å². The molecule has 0 spiro atoms. The van der Waals surface area contributed by atoms with E-state index >= 15 is 0 Å². The lowest BCUT2D eigenvalue weighted by Crippen LogP contribution is -2.50. The Labute approximate surface area is 200 Å². The molecule has 34 heavy (non-hydrogen) atoms. The average molecular weight is 460 g/mol. The lowest BCUT2D eigenvalue weighted by atomic mass is 9.79. The Morgan fingerprint density at radius 2 is 2.03 bits per heavy atom. The van der Waals surface area contributed by atoms with Crippen LogP contribution in [-0.4, -0.2) is 61.8 Å². The lowest BCUT2D eigenvalue weighted by Gasteiger charge is -2.42. The highest BCUT2D eigenvalue weighted by Crippen LogP contribution is 2.35.